The van der Waals surface area contributed by atoms with Crippen molar-refractivity contribution in [1.82, 2.24) is 5.32 Å². The Morgan fingerprint density at radius 1 is 0.941 bits per heavy atom. The fourth-order valence-corrected chi connectivity index (χ4v) is 4.77. The molecule has 3 aliphatic rings. The summed E-state index contributed by atoms with van der Waals surface area (Å²) in [5.74, 6) is 0.953. The number of hydrogen-bond acceptors (Lipinski definition) is 1. The molecule has 1 saturated heterocycles. The van der Waals surface area contributed by atoms with Crippen molar-refractivity contribution in [2.75, 3.05) is 0 Å². The zero-order chi connectivity index (χ0) is 11.9. The minimum absolute atomic E-state index is 0.00951. The minimum atomic E-state index is 0.00951. The largest absolute Gasteiger partial charge is 0.350 e. The van der Waals surface area contributed by atoms with Gasteiger partial charge in [-0.3, -0.25) is 4.79 Å². The molecular weight excluding hydrogens is 210 g/mol. The summed E-state index contributed by atoms with van der Waals surface area (Å²) in [6, 6.07) is 0. The first-order chi connectivity index (χ1) is 8.20. The van der Waals surface area contributed by atoms with Crippen molar-refractivity contribution in [2.24, 2.45) is 11.3 Å². The predicted octanol–water partition coefficient (Wildman–Crippen LogP) is 3.41. The second-order valence-electron chi connectivity index (χ2n) is 6.61. The van der Waals surface area contributed by atoms with E-state index in [0.717, 1.165) is 12.8 Å². The van der Waals surface area contributed by atoms with Crippen LogP contribution in [0.3, 0.4) is 0 Å². The van der Waals surface area contributed by atoms with E-state index in [1.165, 1.54) is 51.4 Å². The zero-order valence-corrected chi connectivity index (χ0v) is 11.1. The highest BCUT2D eigenvalue weighted by atomic mass is 16.2. The number of rotatable bonds is 0. The third-order valence-corrected chi connectivity index (χ3v) is 5.96. The van der Waals surface area contributed by atoms with Crippen molar-refractivity contribution in [3.8, 4) is 0 Å². The van der Waals surface area contributed by atoms with Crippen LogP contribution in [0, 0.1) is 11.3 Å². The predicted molar refractivity (Wildman–Crippen MR) is 68.6 cm³/mol. The molecule has 3 rings (SSSR count). The molecule has 17 heavy (non-hydrogen) atoms. The molecule has 2 nitrogen and oxygen atoms in total. The topological polar surface area (TPSA) is 29.1 Å². The Labute approximate surface area is 105 Å². The lowest BCUT2D eigenvalue weighted by molar-refractivity contribution is -0.130. The molecule has 1 unspecified atom stereocenters. The van der Waals surface area contributed by atoms with Crippen LogP contribution in [0.5, 0.6) is 0 Å². The summed E-state index contributed by atoms with van der Waals surface area (Å²) in [6.07, 6.45) is 12.5. The van der Waals surface area contributed by atoms with Crippen LogP contribution in [0.15, 0.2) is 0 Å². The summed E-state index contributed by atoms with van der Waals surface area (Å²) in [5, 5.41) is 3.44. The minimum Gasteiger partial charge on any atom is -0.350 e. The average Bonchev–Trinajstić information content (AvgIpc) is 2.55. The van der Waals surface area contributed by atoms with Gasteiger partial charge in [-0.25, -0.2) is 0 Å². The van der Waals surface area contributed by atoms with Gasteiger partial charge >= 0.3 is 0 Å². The van der Waals surface area contributed by atoms with Gasteiger partial charge in [-0.2, -0.15) is 0 Å². The normalized spacial score (nSPS) is 35.1. The Morgan fingerprint density at radius 3 is 2.06 bits per heavy atom. The summed E-state index contributed by atoms with van der Waals surface area (Å²) in [7, 11) is 0. The van der Waals surface area contributed by atoms with Gasteiger partial charge in [-0.05, 0) is 31.6 Å². The summed E-state index contributed by atoms with van der Waals surface area (Å²) in [6.45, 7) is 2.36. The molecule has 1 aliphatic heterocycles. The Bertz CT molecular complexity index is 311. The number of nitrogens with one attached hydrogen (secondary N) is 1. The zero-order valence-electron chi connectivity index (χ0n) is 11.1. The van der Waals surface area contributed by atoms with Gasteiger partial charge in [-0.15, -0.1) is 0 Å². The van der Waals surface area contributed by atoms with Crippen LogP contribution in [0.1, 0.15) is 71.1 Å². The lowest BCUT2D eigenvalue weighted by Gasteiger charge is -2.42. The van der Waals surface area contributed by atoms with E-state index in [0.29, 0.717) is 11.8 Å². The van der Waals surface area contributed by atoms with E-state index < -0.39 is 0 Å². The molecule has 0 bridgehead atoms. The molecule has 3 fully saturated rings. The molecule has 96 valence electrons. The van der Waals surface area contributed by atoms with Crippen molar-refractivity contribution in [3.63, 3.8) is 0 Å². The molecule has 2 aliphatic carbocycles. The van der Waals surface area contributed by atoms with Crippen LogP contribution < -0.4 is 5.32 Å². The molecule has 0 aromatic rings. The van der Waals surface area contributed by atoms with Gasteiger partial charge in [0.2, 0.25) is 5.91 Å². The highest BCUT2D eigenvalue weighted by molar-refractivity contribution is 5.86. The first-order valence-electron chi connectivity index (χ1n) is 7.52. The molecule has 1 N–H and O–H groups in total. The van der Waals surface area contributed by atoms with E-state index in [1.54, 1.807) is 0 Å². The van der Waals surface area contributed by atoms with Crippen molar-refractivity contribution in [3.05, 3.63) is 0 Å². The molecule has 0 aromatic carbocycles. The molecule has 2 saturated carbocycles. The number of amides is 1. The van der Waals surface area contributed by atoms with Gasteiger partial charge in [-0.1, -0.05) is 45.4 Å². The highest BCUT2D eigenvalue weighted by Crippen LogP contribution is 2.54. The maximum Gasteiger partial charge on any atom is 0.227 e. The molecule has 1 atom stereocenters. The monoisotopic (exact) mass is 235 g/mol. The SMILES string of the molecule is CC1C2(CCCCC2)NC(=O)C12CCCCC2. The second kappa shape index (κ2) is 4.00. The van der Waals surface area contributed by atoms with Gasteiger partial charge in [0.25, 0.3) is 0 Å². The molecule has 1 heterocycles. The average molecular weight is 235 g/mol. The lowest BCUT2D eigenvalue weighted by Crippen LogP contribution is -2.47. The number of carbonyl (C=O) groups excluding carboxylic acids is 1. The molecular formula is C15H25NO. The van der Waals surface area contributed by atoms with Crippen LogP contribution in [0.25, 0.3) is 0 Å². The van der Waals surface area contributed by atoms with E-state index in [1.807, 2.05) is 0 Å². The lowest BCUT2D eigenvalue weighted by atomic mass is 9.61. The van der Waals surface area contributed by atoms with Gasteiger partial charge < -0.3 is 5.32 Å². The summed E-state index contributed by atoms with van der Waals surface area (Å²) in [4.78, 5) is 12.5. The fourth-order valence-electron chi connectivity index (χ4n) is 4.77. The molecule has 0 aromatic heterocycles. The third-order valence-electron chi connectivity index (χ3n) is 5.96. The smallest absolute Gasteiger partial charge is 0.227 e. The van der Waals surface area contributed by atoms with Gasteiger partial charge in [0.1, 0.15) is 0 Å². The quantitative estimate of drug-likeness (QED) is 0.685. The van der Waals surface area contributed by atoms with Gasteiger partial charge in [0.05, 0.1) is 5.41 Å². The first kappa shape index (κ1) is 11.6. The van der Waals surface area contributed by atoms with E-state index >= 15 is 0 Å². The molecule has 1 amide bonds. The summed E-state index contributed by atoms with van der Waals surface area (Å²) >= 11 is 0. The third kappa shape index (κ3) is 1.56. The van der Waals surface area contributed by atoms with Crippen molar-refractivity contribution in [2.45, 2.75) is 76.7 Å². The Balaban J connectivity index is 1.89. The first-order valence-corrected chi connectivity index (χ1v) is 7.52. The number of carbonyl (C=O) groups is 1. The Morgan fingerprint density at radius 2 is 1.47 bits per heavy atom. The standard InChI is InChI=1S/C15H25NO/c1-12-14(8-4-2-5-9-14)13(17)16-15(12)10-6-3-7-11-15/h12H,2-11H2,1H3,(H,16,17). The van der Waals surface area contributed by atoms with Gasteiger partial charge in [0, 0.05) is 5.54 Å². The van der Waals surface area contributed by atoms with Gasteiger partial charge in [0.15, 0.2) is 0 Å². The molecule has 2 heteroatoms. The maximum atomic E-state index is 12.5. The second-order valence-corrected chi connectivity index (χ2v) is 6.61. The summed E-state index contributed by atoms with van der Waals surface area (Å²) in [5.41, 5.74) is 0.183. The molecule has 0 radical (unpaired) electrons. The van der Waals surface area contributed by atoms with Crippen LogP contribution in [-0.2, 0) is 4.79 Å². The van der Waals surface area contributed by atoms with Crippen LogP contribution >= 0.6 is 0 Å². The highest BCUT2D eigenvalue weighted by Gasteiger charge is 2.59. The maximum absolute atomic E-state index is 12.5. The number of hydrogen-bond donors (Lipinski definition) is 1. The fraction of sp³-hybridized carbons (Fsp3) is 0.933. The van der Waals surface area contributed by atoms with Crippen molar-refractivity contribution < 1.29 is 4.79 Å². The Kier molecular flexibility index (Phi) is 2.72. The summed E-state index contributed by atoms with van der Waals surface area (Å²) < 4.78 is 0. The van der Waals surface area contributed by atoms with E-state index in [9.17, 15) is 4.79 Å². The van der Waals surface area contributed by atoms with Crippen LogP contribution in [0.2, 0.25) is 0 Å². The molecule has 2 spiro atoms. The van der Waals surface area contributed by atoms with E-state index in [2.05, 4.69) is 12.2 Å². The van der Waals surface area contributed by atoms with Crippen LogP contribution in [-0.4, -0.2) is 11.4 Å². The van der Waals surface area contributed by atoms with E-state index in [4.69, 9.17) is 0 Å². The van der Waals surface area contributed by atoms with Crippen LogP contribution in [0.4, 0.5) is 0 Å². The van der Waals surface area contributed by atoms with Crippen molar-refractivity contribution >= 4 is 5.91 Å². The van der Waals surface area contributed by atoms with Crippen molar-refractivity contribution in [1.29, 1.82) is 0 Å². The Hall–Kier alpha value is -0.530. The van der Waals surface area contributed by atoms with E-state index in [-0.39, 0.29) is 11.0 Å².